The maximum atomic E-state index is 14.5. The lowest BCUT2D eigenvalue weighted by Gasteiger charge is -2.51. The molecule has 202 valence electrons. The van der Waals surface area contributed by atoms with E-state index in [0.717, 1.165) is 25.6 Å². The van der Waals surface area contributed by atoms with E-state index in [1.165, 1.54) is 29.2 Å². The summed E-state index contributed by atoms with van der Waals surface area (Å²) in [7, 11) is 0.941. The highest BCUT2D eigenvalue weighted by atomic mass is 19.4. The van der Waals surface area contributed by atoms with Gasteiger partial charge in [-0.1, -0.05) is 48.5 Å². The van der Waals surface area contributed by atoms with Gasteiger partial charge in [0.1, 0.15) is 12.4 Å². The van der Waals surface area contributed by atoms with Crippen LogP contribution in [0.2, 0.25) is 0 Å². The predicted octanol–water partition coefficient (Wildman–Crippen LogP) is 4.24. The summed E-state index contributed by atoms with van der Waals surface area (Å²) in [5, 5.41) is 13.2. The predicted molar refractivity (Wildman–Crippen MR) is 133 cm³/mol. The molecule has 0 radical (unpaired) electrons. The molecule has 2 aliphatic heterocycles. The first-order valence-electron chi connectivity index (χ1n) is 12.7. The fourth-order valence-electron chi connectivity index (χ4n) is 5.90. The van der Waals surface area contributed by atoms with E-state index in [0.29, 0.717) is 25.1 Å². The molecule has 0 aliphatic carbocycles. The third-order valence-corrected chi connectivity index (χ3v) is 7.90. The quantitative estimate of drug-likeness (QED) is 0.572. The van der Waals surface area contributed by atoms with Gasteiger partial charge in [-0.2, -0.15) is 13.2 Å². The van der Waals surface area contributed by atoms with Crippen LogP contribution in [0.25, 0.3) is 0 Å². The van der Waals surface area contributed by atoms with Gasteiger partial charge < -0.3 is 24.8 Å². The maximum Gasteiger partial charge on any atom is 0.430 e. The molecule has 0 saturated carbocycles. The second-order valence-electron chi connectivity index (χ2n) is 10.1. The van der Waals surface area contributed by atoms with Crippen molar-refractivity contribution in [2.75, 3.05) is 39.9 Å². The van der Waals surface area contributed by atoms with Gasteiger partial charge in [0.05, 0.1) is 6.10 Å². The number of likely N-dealkylation sites (tertiary alicyclic amines) is 1. The van der Waals surface area contributed by atoms with Crippen LogP contribution in [0.4, 0.5) is 13.2 Å². The number of para-hydroxylation sites is 1. The second kappa shape index (κ2) is 11.0. The van der Waals surface area contributed by atoms with Crippen molar-refractivity contribution < 1.29 is 32.5 Å². The first kappa shape index (κ1) is 27.4. The zero-order chi connectivity index (χ0) is 26.7. The number of aliphatic hydroxyl groups excluding tert-OH is 1. The number of hydrogen-bond donors (Lipinski definition) is 2. The molecule has 3 atom stereocenters. The molecule has 9 heteroatoms. The smallest absolute Gasteiger partial charge is 0.430 e. The molecule has 2 aromatic carbocycles. The fourth-order valence-corrected chi connectivity index (χ4v) is 5.90. The van der Waals surface area contributed by atoms with Crippen molar-refractivity contribution in [2.45, 2.75) is 50.0 Å². The van der Waals surface area contributed by atoms with E-state index in [9.17, 15) is 23.1 Å². The molecule has 1 amide bonds. The molecule has 1 spiro atoms. The van der Waals surface area contributed by atoms with Crippen molar-refractivity contribution in [3.63, 3.8) is 0 Å². The fraction of sp³-hybridized carbons (Fsp3) is 0.536. The summed E-state index contributed by atoms with van der Waals surface area (Å²) in [5.74, 6) is -0.308. The summed E-state index contributed by atoms with van der Waals surface area (Å²) in [6, 6.07) is 14.9. The number of piperidine rings is 2. The molecular formula is C28H35F3N2O4. The highest BCUT2D eigenvalue weighted by molar-refractivity contribution is 5.88. The third-order valence-electron chi connectivity index (χ3n) is 7.90. The Balaban J connectivity index is 1.59. The number of carbonyl (C=O) groups is 1. The lowest BCUT2D eigenvalue weighted by atomic mass is 9.62. The van der Waals surface area contributed by atoms with Gasteiger partial charge in [-0.15, -0.1) is 0 Å². The molecule has 0 aromatic heterocycles. The van der Waals surface area contributed by atoms with Crippen molar-refractivity contribution in [1.29, 1.82) is 0 Å². The van der Waals surface area contributed by atoms with Gasteiger partial charge in [0.15, 0.2) is 0 Å². The number of methoxy groups -OCH3 is 1. The lowest BCUT2D eigenvalue weighted by molar-refractivity contribution is -0.271. The summed E-state index contributed by atoms with van der Waals surface area (Å²) in [5.41, 5.74) is -2.44. The molecule has 2 aromatic rings. The Kier molecular flexibility index (Phi) is 8.16. The molecule has 6 nitrogen and oxygen atoms in total. The number of halogens is 3. The van der Waals surface area contributed by atoms with E-state index in [1.54, 1.807) is 13.0 Å². The Morgan fingerprint density at radius 3 is 2.38 bits per heavy atom. The number of amides is 1. The number of aliphatic hydroxyl groups is 1. The van der Waals surface area contributed by atoms with Gasteiger partial charge in [-0.3, -0.25) is 4.79 Å². The molecule has 2 fully saturated rings. The average Bonchev–Trinajstić information content (AvgIpc) is 2.89. The summed E-state index contributed by atoms with van der Waals surface area (Å²) < 4.78 is 54.3. The molecule has 0 bridgehead atoms. The van der Waals surface area contributed by atoms with Gasteiger partial charge in [0.2, 0.25) is 0 Å². The van der Waals surface area contributed by atoms with Gasteiger partial charge in [0, 0.05) is 38.2 Å². The highest BCUT2D eigenvalue weighted by Gasteiger charge is 2.64. The van der Waals surface area contributed by atoms with Crippen molar-refractivity contribution >= 4 is 5.91 Å². The summed E-state index contributed by atoms with van der Waals surface area (Å²) in [6.07, 6.45) is -3.55. The summed E-state index contributed by atoms with van der Waals surface area (Å²) in [4.78, 5) is 14.9. The molecule has 37 heavy (non-hydrogen) atoms. The first-order chi connectivity index (χ1) is 17.6. The Morgan fingerprint density at radius 2 is 1.76 bits per heavy atom. The average molecular weight is 521 g/mol. The molecule has 1 unspecified atom stereocenters. The van der Waals surface area contributed by atoms with Crippen molar-refractivity contribution in [3.8, 4) is 5.75 Å². The van der Waals surface area contributed by atoms with Gasteiger partial charge in [-0.05, 0) is 49.8 Å². The minimum Gasteiger partial charge on any atom is -0.491 e. The molecular weight excluding hydrogens is 485 g/mol. The molecule has 4 rings (SSSR count). The summed E-state index contributed by atoms with van der Waals surface area (Å²) >= 11 is 0. The van der Waals surface area contributed by atoms with E-state index in [-0.39, 0.29) is 36.6 Å². The van der Waals surface area contributed by atoms with Gasteiger partial charge >= 0.3 is 6.18 Å². The number of nitrogens with zero attached hydrogens (tertiary/aromatic N) is 1. The van der Waals surface area contributed by atoms with Crippen molar-refractivity contribution in [3.05, 3.63) is 65.7 Å². The zero-order valence-corrected chi connectivity index (χ0v) is 21.3. The van der Waals surface area contributed by atoms with Crippen LogP contribution in [0.3, 0.4) is 0 Å². The van der Waals surface area contributed by atoms with Crippen LogP contribution < -0.4 is 10.1 Å². The number of alkyl halides is 3. The topological polar surface area (TPSA) is 71.0 Å². The number of rotatable bonds is 7. The monoisotopic (exact) mass is 520 g/mol. The van der Waals surface area contributed by atoms with Crippen LogP contribution in [0.15, 0.2) is 54.6 Å². The van der Waals surface area contributed by atoms with E-state index < -0.39 is 23.8 Å². The van der Waals surface area contributed by atoms with Crippen LogP contribution in [0.5, 0.6) is 5.75 Å². The van der Waals surface area contributed by atoms with Crippen LogP contribution in [-0.4, -0.2) is 68.1 Å². The standard InChI is InChI=1S/C28H35F3N2O4/c1-20(34)19-37-24-11-7-6-10-22(24)23-18-32-15-12-26(23)13-16-33(17-14-26)25(35)27(36-2,28(29,30)31)21-8-4-3-5-9-21/h3-11,20,23,32,34H,12-19H2,1-2H3/t20-,23?,27-/m1/s1. The van der Waals surface area contributed by atoms with E-state index in [4.69, 9.17) is 9.47 Å². The third kappa shape index (κ3) is 5.22. The Labute approximate surface area is 215 Å². The SMILES string of the molecule is CO[C@@](C(=O)N1CCC2(CCNCC2c2ccccc2OC[C@@H](C)O)CC1)(c1ccccc1)C(F)(F)F. The van der Waals surface area contributed by atoms with Crippen molar-refractivity contribution in [1.82, 2.24) is 10.2 Å². The van der Waals surface area contributed by atoms with Crippen LogP contribution in [-0.2, 0) is 15.1 Å². The number of benzene rings is 2. The first-order valence-corrected chi connectivity index (χ1v) is 12.7. The number of ether oxygens (including phenoxy) is 2. The van der Waals surface area contributed by atoms with E-state index >= 15 is 0 Å². The number of hydrogen-bond acceptors (Lipinski definition) is 5. The van der Waals surface area contributed by atoms with E-state index in [1.807, 2.05) is 24.3 Å². The molecule has 2 N–H and O–H groups in total. The van der Waals surface area contributed by atoms with Crippen LogP contribution in [0.1, 0.15) is 43.2 Å². The Morgan fingerprint density at radius 1 is 1.11 bits per heavy atom. The van der Waals surface area contributed by atoms with E-state index in [2.05, 4.69) is 5.32 Å². The number of nitrogens with one attached hydrogen (secondary N) is 1. The maximum absolute atomic E-state index is 14.5. The molecule has 2 heterocycles. The Hall–Kier alpha value is -2.62. The molecule has 2 aliphatic rings. The Bertz CT molecular complexity index is 1050. The number of carbonyl (C=O) groups excluding carboxylic acids is 1. The summed E-state index contributed by atoms with van der Waals surface area (Å²) in [6.45, 7) is 3.76. The minimum atomic E-state index is -4.92. The zero-order valence-electron chi connectivity index (χ0n) is 21.3. The van der Waals surface area contributed by atoms with Gasteiger partial charge in [0.25, 0.3) is 11.5 Å². The normalized spacial score (nSPS) is 22.3. The van der Waals surface area contributed by atoms with Crippen molar-refractivity contribution in [2.24, 2.45) is 5.41 Å². The van der Waals surface area contributed by atoms with Crippen LogP contribution in [0, 0.1) is 5.41 Å². The largest absolute Gasteiger partial charge is 0.491 e. The van der Waals surface area contributed by atoms with Crippen LogP contribution >= 0.6 is 0 Å². The molecule has 2 saturated heterocycles. The minimum absolute atomic E-state index is 0.0626. The lowest BCUT2D eigenvalue weighted by Crippen LogP contribution is -2.59. The van der Waals surface area contributed by atoms with Gasteiger partial charge in [-0.25, -0.2) is 0 Å². The highest BCUT2D eigenvalue weighted by Crippen LogP contribution is 2.51. The second-order valence-corrected chi connectivity index (χ2v) is 10.1.